The molecule has 130 valence electrons. The van der Waals surface area contributed by atoms with Crippen LogP contribution in [0.2, 0.25) is 0 Å². The monoisotopic (exact) mass is 346 g/mol. The smallest absolute Gasteiger partial charge is 0.346 e. The lowest BCUT2D eigenvalue weighted by atomic mass is 10.0. The first kappa shape index (κ1) is 20.6. The molecule has 0 aromatic carbocycles. The van der Waals surface area contributed by atoms with Gasteiger partial charge in [0, 0.05) is 5.57 Å². The summed E-state index contributed by atoms with van der Waals surface area (Å²) in [5, 5.41) is 0. The lowest BCUT2D eigenvalue weighted by Gasteiger charge is -2.27. The van der Waals surface area contributed by atoms with Crippen LogP contribution in [0.5, 0.6) is 0 Å². The lowest BCUT2D eigenvalue weighted by Crippen LogP contribution is -2.51. The molecule has 11 heteroatoms. The van der Waals surface area contributed by atoms with Crippen molar-refractivity contribution in [3.63, 3.8) is 0 Å². The fourth-order valence-corrected chi connectivity index (χ4v) is 1.09. The van der Waals surface area contributed by atoms with Crippen LogP contribution in [0.1, 0.15) is 6.92 Å². The Labute approximate surface area is 118 Å². The van der Waals surface area contributed by atoms with Crippen LogP contribution in [0.3, 0.4) is 0 Å². The molecule has 0 heterocycles. The molecule has 0 rings (SSSR count). The fourth-order valence-electron chi connectivity index (χ4n) is 1.09. The number of carbonyl (C=O) groups excluding carboxylic acids is 1. The van der Waals surface area contributed by atoms with Gasteiger partial charge in [0.05, 0.1) is 0 Å². The standard InChI is InChI=1S/C11H11F9O2/c1-3(2)9(21)22-10(18)11(19,20)7(15)5(13)4(12)6(14)8(16)17/h4-8,10H,1H2,2H3. The molecule has 5 atom stereocenters. The van der Waals surface area contributed by atoms with Gasteiger partial charge < -0.3 is 4.74 Å². The third-order valence-corrected chi connectivity index (χ3v) is 2.36. The summed E-state index contributed by atoms with van der Waals surface area (Å²) in [7, 11) is 0. The molecular formula is C11H11F9O2. The third-order valence-electron chi connectivity index (χ3n) is 2.36. The van der Waals surface area contributed by atoms with Crippen molar-refractivity contribution in [2.75, 3.05) is 0 Å². The Balaban J connectivity index is 5.02. The van der Waals surface area contributed by atoms with Gasteiger partial charge in [0.25, 0.3) is 6.43 Å². The predicted octanol–water partition coefficient (Wildman–Crippen LogP) is 3.65. The minimum absolute atomic E-state index is 0.560. The Morgan fingerprint density at radius 1 is 0.955 bits per heavy atom. The van der Waals surface area contributed by atoms with Crippen molar-refractivity contribution < 1.29 is 49.0 Å². The normalized spacial score (nSPS) is 19.2. The molecule has 0 aromatic rings. The van der Waals surface area contributed by atoms with E-state index in [1.165, 1.54) is 0 Å². The maximum Gasteiger partial charge on any atom is 0.346 e. The van der Waals surface area contributed by atoms with Crippen molar-refractivity contribution in [3.8, 4) is 0 Å². The molecule has 0 aromatic heterocycles. The van der Waals surface area contributed by atoms with E-state index in [4.69, 9.17) is 0 Å². The maximum atomic E-state index is 13.1. The number of hydrogen-bond donors (Lipinski definition) is 0. The Bertz CT molecular complexity index is 401. The molecule has 2 nitrogen and oxygen atoms in total. The lowest BCUT2D eigenvalue weighted by molar-refractivity contribution is -0.233. The van der Waals surface area contributed by atoms with Crippen LogP contribution in [-0.2, 0) is 9.53 Å². The topological polar surface area (TPSA) is 26.3 Å². The SMILES string of the molecule is C=C(C)C(=O)OC(F)C(F)(F)C(F)C(F)C(F)C(F)C(F)F. The minimum Gasteiger partial charge on any atom is -0.421 e. The highest BCUT2D eigenvalue weighted by molar-refractivity contribution is 5.87. The van der Waals surface area contributed by atoms with Crippen LogP contribution in [0.4, 0.5) is 39.5 Å². The van der Waals surface area contributed by atoms with Gasteiger partial charge in [0.1, 0.15) is 0 Å². The summed E-state index contributed by atoms with van der Waals surface area (Å²) in [6.07, 6.45) is -24.5. The fraction of sp³-hybridized carbons (Fsp3) is 0.727. The summed E-state index contributed by atoms with van der Waals surface area (Å²) in [5.41, 5.74) is -0.560. The second-order valence-electron chi connectivity index (χ2n) is 4.25. The molecular weight excluding hydrogens is 335 g/mol. The highest BCUT2D eigenvalue weighted by atomic mass is 19.3. The number of alkyl halides is 9. The molecule has 0 amide bonds. The average molecular weight is 346 g/mol. The van der Waals surface area contributed by atoms with Gasteiger partial charge in [0.2, 0.25) is 6.17 Å². The minimum atomic E-state index is -5.43. The largest absolute Gasteiger partial charge is 0.421 e. The molecule has 0 bridgehead atoms. The molecule has 0 aliphatic heterocycles. The second kappa shape index (κ2) is 7.73. The molecule has 0 fully saturated rings. The Kier molecular flexibility index (Phi) is 7.23. The van der Waals surface area contributed by atoms with E-state index in [-0.39, 0.29) is 0 Å². The molecule has 0 aliphatic carbocycles. The second-order valence-corrected chi connectivity index (χ2v) is 4.25. The van der Waals surface area contributed by atoms with Gasteiger partial charge in [-0.1, -0.05) is 6.58 Å². The number of hydrogen-bond acceptors (Lipinski definition) is 2. The summed E-state index contributed by atoms with van der Waals surface area (Å²) in [5.74, 6) is -7.15. The molecule has 0 N–H and O–H groups in total. The molecule has 0 saturated heterocycles. The van der Waals surface area contributed by atoms with E-state index in [0.29, 0.717) is 0 Å². The summed E-state index contributed by atoms with van der Waals surface area (Å²) >= 11 is 0. The first-order valence-electron chi connectivity index (χ1n) is 5.56. The Morgan fingerprint density at radius 3 is 1.77 bits per heavy atom. The summed E-state index contributed by atoms with van der Waals surface area (Å²) in [4.78, 5) is 10.8. The van der Waals surface area contributed by atoms with Crippen molar-refractivity contribution >= 4 is 5.97 Å². The van der Waals surface area contributed by atoms with Gasteiger partial charge in [-0.25, -0.2) is 31.1 Å². The van der Waals surface area contributed by atoms with Crippen LogP contribution < -0.4 is 0 Å². The molecule has 22 heavy (non-hydrogen) atoms. The van der Waals surface area contributed by atoms with Gasteiger partial charge in [0.15, 0.2) is 18.5 Å². The molecule has 0 aliphatic rings. The summed E-state index contributed by atoms with van der Waals surface area (Å²) in [6.45, 7) is 3.82. The highest BCUT2D eigenvalue weighted by Crippen LogP contribution is 2.35. The van der Waals surface area contributed by atoms with E-state index >= 15 is 0 Å². The van der Waals surface area contributed by atoms with Crippen LogP contribution in [0.15, 0.2) is 12.2 Å². The Morgan fingerprint density at radius 2 is 1.41 bits per heavy atom. The highest BCUT2D eigenvalue weighted by Gasteiger charge is 2.58. The first-order chi connectivity index (χ1) is 9.83. The van der Waals surface area contributed by atoms with Crippen LogP contribution >= 0.6 is 0 Å². The number of esters is 1. The van der Waals surface area contributed by atoms with Crippen molar-refractivity contribution in [2.24, 2.45) is 0 Å². The van der Waals surface area contributed by atoms with E-state index in [0.717, 1.165) is 6.92 Å². The van der Waals surface area contributed by atoms with Crippen molar-refractivity contribution in [3.05, 3.63) is 12.2 Å². The van der Waals surface area contributed by atoms with Crippen LogP contribution in [0, 0.1) is 0 Å². The van der Waals surface area contributed by atoms with Gasteiger partial charge >= 0.3 is 18.2 Å². The first-order valence-corrected chi connectivity index (χ1v) is 5.56. The molecule has 5 unspecified atom stereocenters. The van der Waals surface area contributed by atoms with Crippen molar-refractivity contribution in [2.45, 2.75) is 50.3 Å². The summed E-state index contributed by atoms with van der Waals surface area (Å²) < 4.78 is 118. The third kappa shape index (κ3) is 4.80. The van der Waals surface area contributed by atoms with E-state index < -0.39 is 54.9 Å². The zero-order valence-corrected chi connectivity index (χ0v) is 10.9. The number of rotatable bonds is 8. The number of carbonyl (C=O) groups is 1. The molecule has 0 saturated carbocycles. The Hall–Kier alpha value is -1.42. The maximum absolute atomic E-state index is 13.1. The summed E-state index contributed by atoms with van der Waals surface area (Å²) in [6, 6.07) is 0. The zero-order chi connectivity index (χ0) is 17.8. The number of halogens is 9. The van der Waals surface area contributed by atoms with Crippen LogP contribution in [0.25, 0.3) is 0 Å². The van der Waals surface area contributed by atoms with Crippen molar-refractivity contribution in [1.29, 1.82) is 0 Å². The van der Waals surface area contributed by atoms with Crippen molar-refractivity contribution in [1.82, 2.24) is 0 Å². The average Bonchev–Trinajstić information content (AvgIpc) is 2.43. The van der Waals surface area contributed by atoms with E-state index in [2.05, 4.69) is 11.3 Å². The van der Waals surface area contributed by atoms with E-state index in [1.807, 2.05) is 0 Å². The molecule has 0 radical (unpaired) electrons. The quantitative estimate of drug-likeness (QED) is 0.381. The van der Waals surface area contributed by atoms with Gasteiger partial charge in [-0.3, -0.25) is 0 Å². The van der Waals surface area contributed by atoms with Gasteiger partial charge in [-0.15, -0.1) is 0 Å². The number of ether oxygens (including phenoxy) is 1. The van der Waals surface area contributed by atoms with E-state index in [9.17, 15) is 44.3 Å². The van der Waals surface area contributed by atoms with Gasteiger partial charge in [-0.2, -0.15) is 13.2 Å². The van der Waals surface area contributed by atoms with E-state index in [1.54, 1.807) is 0 Å². The predicted molar refractivity (Wildman–Crippen MR) is 56.3 cm³/mol. The molecule has 0 spiro atoms. The van der Waals surface area contributed by atoms with Gasteiger partial charge in [-0.05, 0) is 6.92 Å². The zero-order valence-electron chi connectivity index (χ0n) is 10.9. The van der Waals surface area contributed by atoms with Crippen LogP contribution in [-0.4, -0.2) is 49.4 Å².